The summed E-state index contributed by atoms with van der Waals surface area (Å²) in [5.74, 6) is 0.153. The van der Waals surface area contributed by atoms with Crippen molar-refractivity contribution in [2.75, 3.05) is 7.11 Å². The predicted octanol–water partition coefficient (Wildman–Crippen LogP) is 3.68. The third-order valence-electron chi connectivity index (χ3n) is 3.11. The fourth-order valence-electron chi connectivity index (χ4n) is 1.91. The first-order valence-electron chi connectivity index (χ1n) is 5.98. The number of benzene rings is 2. The zero-order valence-electron chi connectivity index (χ0n) is 11.2. The molecule has 0 spiro atoms. The van der Waals surface area contributed by atoms with Crippen LogP contribution in [0.25, 0.3) is 0 Å². The Kier molecular flexibility index (Phi) is 3.65. The van der Waals surface area contributed by atoms with Crippen LogP contribution in [0.1, 0.15) is 27.0 Å². The zero-order valence-corrected chi connectivity index (χ0v) is 11.2. The molecule has 0 unspecified atom stereocenters. The molecule has 3 heteroatoms. The van der Waals surface area contributed by atoms with Gasteiger partial charge in [-0.1, -0.05) is 12.1 Å². The van der Waals surface area contributed by atoms with E-state index in [9.17, 15) is 9.18 Å². The van der Waals surface area contributed by atoms with Crippen LogP contribution in [0.15, 0.2) is 36.4 Å². The highest BCUT2D eigenvalue weighted by molar-refractivity contribution is 6.10. The van der Waals surface area contributed by atoms with Gasteiger partial charge in [0.1, 0.15) is 11.6 Å². The summed E-state index contributed by atoms with van der Waals surface area (Å²) < 4.78 is 18.6. The van der Waals surface area contributed by atoms with Crippen LogP contribution in [0.4, 0.5) is 4.39 Å². The molecule has 0 heterocycles. The van der Waals surface area contributed by atoms with Crippen LogP contribution in [0.3, 0.4) is 0 Å². The van der Waals surface area contributed by atoms with Crippen molar-refractivity contribution < 1.29 is 13.9 Å². The molecule has 0 radical (unpaired) electrons. The van der Waals surface area contributed by atoms with Gasteiger partial charge in [0.25, 0.3) is 0 Å². The van der Waals surface area contributed by atoms with Crippen LogP contribution in [0.2, 0.25) is 0 Å². The van der Waals surface area contributed by atoms with E-state index >= 15 is 0 Å². The number of carbonyl (C=O) groups excluding carboxylic acids is 1. The van der Waals surface area contributed by atoms with E-state index in [0.717, 1.165) is 5.56 Å². The molecule has 0 fully saturated rings. The smallest absolute Gasteiger partial charge is 0.193 e. The van der Waals surface area contributed by atoms with Gasteiger partial charge in [0.2, 0.25) is 0 Å². The number of rotatable bonds is 3. The summed E-state index contributed by atoms with van der Waals surface area (Å²) in [6.07, 6.45) is 0. The largest absolute Gasteiger partial charge is 0.497 e. The average Bonchev–Trinajstić information content (AvgIpc) is 2.41. The Morgan fingerprint density at radius 2 is 1.79 bits per heavy atom. The third-order valence-corrected chi connectivity index (χ3v) is 3.11. The summed E-state index contributed by atoms with van der Waals surface area (Å²) in [5, 5.41) is 0. The van der Waals surface area contributed by atoms with Gasteiger partial charge in [0.15, 0.2) is 5.78 Å². The van der Waals surface area contributed by atoms with Gasteiger partial charge in [0.05, 0.1) is 7.11 Å². The first-order valence-corrected chi connectivity index (χ1v) is 5.98. The lowest BCUT2D eigenvalue weighted by Crippen LogP contribution is -2.04. The van der Waals surface area contributed by atoms with Crippen molar-refractivity contribution in [3.05, 3.63) is 64.5 Å². The molecule has 0 amide bonds. The van der Waals surface area contributed by atoms with Gasteiger partial charge >= 0.3 is 0 Å². The van der Waals surface area contributed by atoms with E-state index in [-0.39, 0.29) is 11.6 Å². The fourth-order valence-corrected chi connectivity index (χ4v) is 1.91. The first-order chi connectivity index (χ1) is 9.02. The Balaban J connectivity index is 2.41. The quantitative estimate of drug-likeness (QED) is 0.785. The maximum absolute atomic E-state index is 13.5. The van der Waals surface area contributed by atoms with Crippen molar-refractivity contribution in [1.82, 2.24) is 0 Å². The molecule has 98 valence electrons. The molecular weight excluding hydrogens is 243 g/mol. The lowest BCUT2D eigenvalue weighted by Gasteiger charge is -2.08. The van der Waals surface area contributed by atoms with Crippen LogP contribution >= 0.6 is 0 Å². The van der Waals surface area contributed by atoms with Gasteiger partial charge in [-0.15, -0.1) is 0 Å². The second-order valence-corrected chi connectivity index (χ2v) is 4.47. The molecule has 19 heavy (non-hydrogen) atoms. The van der Waals surface area contributed by atoms with Crippen molar-refractivity contribution in [3.63, 3.8) is 0 Å². The SMILES string of the molecule is COc1ccc(C(=O)c2ccc(C)c(F)c2)c(C)c1. The number of ketones is 1. The van der Waals surface area contributed by atoms with Crippen LogP contribution < -0.4 is 4.74 Å². The fraction of sp³-hybridized carbons (Fsp3) is 0.188. The topological polar surface area (TPSA) is 26.3 Å². The standard InChI is InChI=1S/C16H15FO2/c1-10-4-5-12(9-15(10)17)16(18)14-7-6-13(19-3)8-11(14)2/h4-9H,1-3H3. The summed E-state index contributed by atoms with van der Waals surface area (Å²) in [5.41, 5.74) is 2.26. The molecule has 2 aromatic carbocycles. The highest BCUT2D eigenvalue weighted by Crippen LogP contribution is 2.20. The van der Waals surface area contributed by atoms with E-state index in [0.29, 0.717) is 22.4 Å². The molecule has 0 saturated carbocycles. The summed E-state index contributed by atoms with van der Waals surface area (Å²) >= 11 is 0. The Bertz CT molecular complexity index is 633. The van der Waals surface area contributed by atoms with Crippen LogP contribution in [0.5, 0.6) is 5.75 Å². The van der Waals surface area contributed by atoms with Crippen LogP contribution in [-0.2, 0) is 0 Å². The third kappa shape index (κ3) is 2.65. The zero-order chi connectivity index (χ0) is 14.0. The van der Waals surface area contributed by atoms with Gasteiger partial charge in [0, 0.05) is 11.1 Å². The van der Waals surface area contributed by atoms with Crippen LogP contribution in [0, 0.1) is 19.7 Å². The summed E-state index contributed by atoms with van der Waals surface area (Å²) in [4.78, 5) is 12.3. The van der Waals surface area contributed by atoms with Gasteiger partial charge in [-0.2, -0.15) is 0 Å². The number of ether oxygens (including phenoxy) is 1. The maximum Gasteiger partial charge on any atom is 0.193 e. The number of hydrogen-bond acceptors (Lipinski definition) is 2. The van der Waals surface area contributed by atoms with E-state index in [2.05, 4.69) is 0 Å². The van der Waals surface area contributed by atoms with Crippen molar-refractivity contribution >= 4 is 5.78 Å². The second kappa shape index (κ2) is 5.22. The second-order valence-electron chi connectivity index (χ2n) is 4.47. The normalized spacial score (nSPS) is 10.3. The summed E-state index contributed by atoms with van der Waals surface area (Å²) in [6.45, 7) is 3.50. The predicted molar refractivity (Wildman–Crippen MR) is 72.3 cm³/mol. The Morgan fingerprint density at radius 1 is 1.05 bits per heavy atom. The molecule has 0 aliphatic carbocycles. The van der Waals surface area contributed by atoms with Gasteiger partial charge in [-0.25, -0.2) is 4.39 Å². The molecule has 0 aliphatic rings. The number of carbonyl (C=O) groups is 1. The average molecular weight is 258 g/mol. The minimum atomic E-state index is -0.364. The van der Waals surface area contributed by atoms with E-state index in [1.165, 1.54) is 6.07 Å². The molecule has 0 aromatic heterocycles. The van der Waals surface area contributed by atoms with Crippen molar-refractivity contribution in [2.45, 2.75) is 13.8 Å². The molecule has 0 atom stereocenters. The van der Waals surface area contributed by atoms with E-state index < -0.39 is 0 Å². The molecule has 0 saturated heterocycles. The van der Waals surface area contributed by atoms with Gasteiger partial charge in [-0.3, -0.25) is 4.79 Å². The van der Waals surface area contributed by atoms with Crippen molar-refractivity contribution in [3.8, 4) is 5.75 Å². The Labute approximate surface area is 111 Å². The Morgan fingerprint density at radius 3 is 2.37 bits per heavy atom. The molecule has 2 aromatic rings. The maximum atomic E-state index is 13.5. The lowest BCUT2D eigenvalue weighted by atomic mass is 9.98. The number of aryl methyl sites for hydroxylation is 2. The molecule has 0 bridgehead atoms. The van der Waals surface area contributed by atoms with E-state index in [1.807, 2.05) is 6.92 Å². The number of halogens is 1. The highest BCUT2D eigenvalue weighted by atomic mass is 19.1. The van der Waals surface area contributed by atoms with E-state index in [4.69, 9.17) is 4.74 Å². The molecular formula is C16H15FO2. The first kappa shape index (κ1) is 13.3. The number of hydrogen-bond donors (Lipinski definition) is 0. The van der Waals surface area contributed by atoms with Gasteiger partial charge in [-0.05, 0) is 49.2 Å². The summed E-state index contributed by atoms with van der Waals surface area (Å²) in [6, 6.07) is 9.75. The van der Waals surface area contributed by atoms with E-state index in [1.54, 1.807) is 44.4 Å². The Hall–Kier alpha value is -2.16. The van der Waals surface area contributed by atoms with Crippen molar-refractivity contribution in [1.29, 1.82) is 0 Å². The minimum Gasteiger partial charge on any atom is -0.497 e. The monoisotopic (exact) mass is 258 g/mol. The highest BCUT2D eigenvalue weighted by Gasteiger charge is 2.13. The summed E-state index contributed by atoms with van der Waals surface area (Å²) in [7, 11) is 1.58. The molecule has 0 aliphatic heterocycles. The minimum absolute atomic E-state index is 0.181. The molecule has 2 rings (SSSR count). The van der Waals surface area contributed by atoms with Gasteiger partial charge < -0.3 is 4.74 Å². The van der Waals surface area contributed by atoms with Crippen LogP contribution in [-0.4, -0.2) is 12.9 Å². The lowest BCUT2D eigenvalue weighted by molar-refractivity contribution is 0.103. The van der Waals surface area contributed by atoms with Crippen molar-refractivity contribution in [2.24, 2.45) is 0 Å². The molecule has 2 nitrogen and oxygen atoms in total. The molecule has 0 N–H and O–H groups in total. The number of methoxy groups -OCH3 is 1.